The third-order valence-corrected chi connectivity index (χ3v) is 4.90. The van der Waals surface area contributed by atoms with Crippen molar-refractivity contribution in [1.82, 2.24) is 9.58 Å². The first-order valence-corrected chi connectivity index (χ1v) is 9.05. The SMILES string of the molecule is COc1cc2c(c3c1/c(=N/N(C)C)c1ccccc1n3C)C=CC(C)(C)O2. The molecule has 0 spiro atoms. The molecule has 2 heterocycles. The molecule has 140 valence electrons. The summed E-state index contributed by atoms with van der Waals surface area (Å²) < 4.78 is 14.2. The Morgan fingerprint density at radius 2 is 1.93 bits per heavy atom. The van der Waals surface area contributed by atoms with Crippen LogP contribution in [0.25, 0.3) is 27.9 Å². The van der Waals surface area contributed by atoms with E-state index in [-0.39, 0.29) is 5.60 Å². The average molecular weight is 363 g/mol. The van der Waals surface area contributed by atoms with Crippen LogP contribution >= 0.6 is 0 Å². The minimum absolute atomic E-state index is 0.349. The van der Waals surface area contributed by atoms with Gasteiger partial charge in [-0.05, 0) is 32.1 Å². The molecule has 1 aliphatic heterocycles. The van der Waals surface area contributed by atoms with E-state index in [1.54, 1.807) is 7.11 Å². The first-order valence-electron chi connectivity index (χ1n) is 9.05. The largest absolute Gasteiger partial charge is 0.496 e. The van der Waals surface area contributed by atoms with E-state index < -0.39 is 0 Å². The number of ether oxygens (including phenoxy) is 2. The van der Waals surface area contributed by atoms with E-state index in [9.17, 15) is 0 Å². The Labute approximate surface area is 159 Å². The molecule has 0 aliphatic carbocycles. The number of benzene rings is 2. The monoisotopic (exact) mass is 363 g/mol. The van der Waals surface area contributed by atoms with E-state index in [1.807, 2.05) is 31.2 Å². The molecule has 0 radical (unpaired) electrons. The molecule has 3 aromatic rings. The van der Waals surface area contributed by atoms with Gasteiger partial charge in [0, 0.05) is 38.2 Å². The third kappa shape index (κ3) is 2.74. The number of aromatic nitrogens is 1. The Morgan fingerprint density at radius 3 is 2.63 bits per heavy atom. The molecule has 1 aliphatic rings. The highest BCUT2D eigenvalue weighted by Gasteiger charge is 2.26. The first-order chi connectivity index (χ1) is 12.8. The highest BCUT2D eigenvalue weighted by Crippen LogP contribution is 2.40. The molecule has 0 bridgehead atoms. The fraction of sp³-hybridized carbons (Fsp3) is 0.318. The van der Waals surface area contributed by atoms with Crippen LogP contribution in [0.15, 0.2) is 41.5 Å². The van der Waals surface area contributed by atoms with E-state index in [1.165, 1.54) is 0 Å². The van der Waals surface area contributed by atoms with E-state index >= 15 is 0 Å². The standard InChI is InChI=1S/C22H25N3O2/c1-22(2)12-11-15-17(27-22)13-18(26-6)19-20(23-24(3)4)14-9-7-8-10-16(14)25(5)21(15)19/h7-13H,1-6H3/b23-20+. The van der Waals surface area contributed by atoms with Gasteiger partial charge in [0.15, 0.2) is 0 Å². The number of fused-ring (bicyclic) bond motifs is 4. The second kappa shape index (κ2) is 6.05. The summed E-state index contributed by atoms with van der Waals surface area (Å²) in [6.45, 7) is 4.10. The molecule has 1 aromatic heterocycles. The highest BCUT2D eigenvalue weighted by molar-refractivity contribution is 6.02. The number of aryl methyl sites for hydroxylation is 1. The summed E-state index contributed by atoms with van der Waals surface area (Å²) in [5.41, 5.74) is 2.86. The fourth-order valence-electron chi connectivity index (χ4n) is 3.75. The summed E-state index contributed by atoms with van der Waals surface area (Å²) in [7, 11) is 7.64. The summed E-state index contributed by atoms with van der Waals surface area (Å²) in [5.74, 6) is 1.59. The maximum absolute atomic E-state index is 6.24. The summed E-state index contributed by atoms with van der Waals surface area (Å²) in [5, 5.41) is 9.62. The van der Waals surface area contributed by atoms with Gasteiger partial charge in [-0.2, -0.15) is 5.10 Å². The third-order valence-electron chi connectivity index (χ3n) is 4.90. The van der Waals surface area contributed by atoms with E-state index in [2.05, 4.69) is 55.8 Å². The molecule has 0 saturated heterocycles. The molecular formula is C22H25N3O2. The molecule has 0 fully saturated rings. The van der Waals surface area contributed by atoms with Crippen molar-refractivity contribution in [2.75, 3.05) is 21.2 Å². The van der Waals surface area contributed by atoms with Crippen molar-refractivity contribution >= 4 is 27.9 Å². The molecule has 0 amide bonds. The Kier molecular flexibility index (Phi) is 3.91. The average Bonchev–Trinajstić information content (AvgIpc) is 2.62. The van der Waals surface area contributed by atoms with Crippen LogP contribution in [0.5, 0.6) is 11.5 Å². The Bertz CT molecular complexity index is 1150. The van der Waals surface area contributed by atoms with Gasteiger partial charge in [-0.15, -0.1) is 0 Å². The predicted octanol–water partition coefficient (Wildman–Crippen LogP) is 3.90. The zero-order valence-corrected chi connectivity index (χ0v) is 16.7. The summed E-state index contributed by atoms with van der Waals surface area (Å²) >= 11 is 0. The molecular weight excluding hydrogens is 338 g/mol. The van der Waals surface area contributed by atoms with Gasteiger partial charge in [0.2, 0.25) is 0 Å². The van der Waals surface area contributed by atoms with Crippen LogP contribution in [0.3, 0.4) is 0 Å². The van der Waals surface area contributed by atoms with Crippen molar-refractivity contribution in [2.24, 2.45) is 12.1 Å². The zero-order chi connectivity index (χ0) is 19.3. The summed E-state index contributed by atoms with van der Waals surface area (Å²) in [6.07, 6.45) is 4.24. The van der Waals surface area contributed by atoms with Crippen LogP contribution in [0, 0.1) is 0 Å². The van der Waals surface area contributed by atoms with Crippen LogP contribution in [-0.4, -0.2) is 36.4 Å². The summed E-state index contributed by atoms with van der Waals surface area (Å²) in [6, 6.07) is 10.3. The number of hydrogen-bond donors (Lipinski definition) is 0. The molecule has 0 atom stereocenters. The van der Waals surface area contributed by atoms with Crippen molar-refractivity contribution in [3.05, 3.63) is 47.3 Å². The lowest BCUT2D eigenvalue weighted by atomic mass is 9.98. The lowest BCUT2D eigenvalue weighted by Gasteiger charge is -2.29. The van der Waals surface area contributed by atoms with E-state index in [0.717, 1.165) is 44.2 Å². The predicted molar refractivity (Wildman–Crippen MR) is 110 cm³/mol. The molecule has 2 aromatic carbocycles. The van der Waals surface area contributed by atoms with Crippen LogP contribution in [0.4, 0.5) is 0 Å². The van der Waals surface area contributed by atoms with E-state index in [4.69, 9.17) is 14.6 Å². The smallest absolute Gasteiger partial charge is 0.134 e. The number of para-hydroxylation sites is 1. The maximum atomic E-state index is 6.24. The van der Waals surface area contributed by atoms with E-state index in [0.29, 0.717) is 0 Å². The van der Waals surface area contributed by atoms with Crippen LogP contribution < -0.4 is 14.8 Å². The topological polar surface area (TPSA) is 39.0 Å². The van der Waals surface area contributed by atoms with Crippen molar-refractivity contribution in [3.63, 3.8) is 0 Å². The summed E-state index contributed by atoms with van der Waals surface area (Å²) in [4.78, 5) is 0. The fourth-order valence-corrected chi connectivity index (χ4v) is 3.75. The van der Waals surface area contributed by atoms with Crippen LogP contribution in [-0.2, 0) is 7.05 Å². The van der Waals surface area contributed by atoms with Gasteiger partial charge < -0.3 is 19.0 Å². The van der Waals surface area contributed by atoms with Gasteiger partial charge in [0.25, 0.3) is 0 Å². The zero-order valence-electron chi connectivity index (χ0n) is 16.7. The lowest BCUT2D eigenvalue weighted by Crippen LogP contribution is -2.28. The van der Waals surface area contributed by atoms with Crippen molar-refractivity contribution in [3.8, 4) is 11.5 Å². The normalized spacial score (nSPS) is 15.7. The molecule has 0 saturated carbocycles. The van der Waals surface area contributed by atoms with Gasteiger partial charge in [0.1, 0.15) is 22.5 Å². The molecule has 5 nitrogen and oxygen atoms in total. The molecule has 0 unspecified atom stereocenters. The van der Waals surface area contributed by atoms with Crippen LogP contribution in [0.1, 0.15) is 19.4 Å². The van der Waals surface area contributed by atoms with Gasteiger partial charge in [0.05, 0.1) is 23.5 Å². The minimum Gasteiger partial charge on any atom is -0.496 e. The first kappa shape index (κ1) is 17.5. The van der Waals surface area contributed by atoms with Gasteiger partial charge in [-0.3, -0.25) is 0 Å². The minimum atomic E-state index is -0.349. The van der Waals surface area contributed by atoms with Crippen LogP contribution in [0.2, 0.25) is 0 Å². The second-order valence-electron chi connectivity index (χ2n) is 7.63. The quantitative estimate of drug-likeness (QED) is 0.512. The van der Waals surface area contributed by atoms with Gasteiger partial charge in [-0.25, -0.2) is 0 Å². The Hall–Kier alpha value is -2.95. The number of nitrogens with zero attached hydrogens (tertiary/aromatic N) is 3. The lowest BCUT2D eigenvalue weighted by molar-refractivity contribution is 0.159. The maximum Gasteiger partial charge on any atom is 0.134 e. The van der Waals surface area contributed by atoms with Crippen molar-refractivity contribution in [1.29, 1.82) is 0 Å². The number of rotatable bonds is 2. The molecule has 5 heteroatoms. The second-order valence-corrected chi connectivity index (χ2v) is 7.63. The highest BCUT2D eigenvalue weighted by atomic mass is 16.5. The Morgan fingerprint density at radius 1 is 1.19 bits per heavy atom. The van der Waals surface area contributed by atoms with Gasteiger partial charge in [-0.1, -0.05) is 18.2 Å². The molecule has 0 N–H and O–H groups in total. The number of pyridine rings is 1. The Balaban J connectivity index is 2.30. The molecule has 27 heavy (non-hydrogen) atoms. The van der Waals surface area contributed by atoms with Gasteiger partial charge >= 0.3 is 0 Å². The van der Waals surface area contributed by atoms with Crippen molar-refractivity contribution in [2.45, 2.75) is 19.4 Å². The number of hydrogen-bond acceptors (Lipinski definition) is 4. The molecule has 4 rings (SSSR count). The number of methoxy groups -OCH3 is 1. The van der Waals surface area contributed by atoms with Crippen molar-refractivity contribution < 1.29 is 9.47 Å².